The molecule has 1 fully saturated rings. The molecular formula is C21H35N3O3. The van der Waals surface area contributed by atoms with Gasteiger partial charge in [-0.25, -0.2) is 0 Å². The number of rotatable bonds is 12. The van der Waals surface area contributed by atoms with Gasteiger partial charge in [0.1, 0.15) is 5.75 Å². The maximum Gasteiger partial charge on any atom is 0.191 e. The number of para-hydroxylation sites is 1. The predicted octanol–water partition coefficient (Wildman–Crippen LogP) is 2.76. The van der Waals surface area contributed by atoms with E-state index in [2.05, 4.69) is 35.5 Å². The van der Waals surface area contributed by atoms with Crippen LogP contribution in [-0.4, -0.2) is 58.6 Å². The topological polar surface area (TPSA) is 64.1 Å². The average molecular weight is 378 g/mol. The van der Waals surface area contributed by atoms with Crippen LogP contribution in [0.3, 0.4) is 0 Å². The second-order valence-electron chi connectivity index (χ2n) is 6.81. The van der Waals surface area contributed by atoms with Gasteiger partial charge in [-0.1, -0.05) is 18.2 Å². The van der Waals surface area contributed by atoms with Crippen LogP contribution in [0.4, 0.5) is 0 Å². The van der Waals surface area contributed by atoms with E-state index < -0.39 is 0 Å². The second kappa shape index (κ2) is 13.4. The number of hydrogen-bond donors (Lipinski definition) is 2. The lowest BCUT2D eigenvalue weighted by molar-refractivity contribution is 0.0888. The molecule has 1 aliphatic heterocycles. The summed E-state index contributed by atoms with van der Waals surface area (Å²) in [6.07, 6.45) is 2.98. The molecular weight excluding hydrogens is 342 g/mol. The molecule has 0 amide bonds. The lowest BCUT2D eigenvalue weighted by atomic mass is 10.1. The monoisotopic (exact) mass is 377 g/mol. The van der Waals surface area contributed by atoms with E-state index >= 15 is 0 Å². The molecule has 0 radical (unpaired) electrons. The first-order valence-corrected chi connectivity index (χ1v) is 10.2. The van der Waals surface area contributed by atoms with Gasteiger partial charge >= 0.3 is 0 Å². The van der Waals surface area contributed by atoms with Crippen LogP contribution in [0, 0.1) is 12.8 Å². The Morgan fingerprint density at radius 3 is 2.89 bits per heavy atom. The number of guanidine groups is 1. The minimum Gasteiger partial charge on any atom is -0.493 e. The Hall–Kier alpha value is -1.79. The molecule has 27 heavy (non-hydrogen) atoms. The largest absolute Gasteiger partial charge is 0.493 e. The van der Waals surface area contributed by atoms with Crippen LogP contribution >= 0.6 is 0 Å². The maximum atomic E-state index is 5.81. The van der Waals surface area contributed by atoms with Crippen molar-refractivity contribution < 1.29 is 14.2 Å². The van der Waals surface area contributed by atoms with Crippen LogP contribution in [0.2, 0.25) is 0 Å². The number of hydrogen-bond acceptors (Lipinski definition) is 4. The van der Waals surface area contributed by atoms with Gasteiger partial charge in [-0.05, 0) is 38.3 Å². The molecule has 0 bridgehead atoms. The summed E-state index contributed by atoms with van der Waals surface area (Å²) >= 11 is 0. The summed E-state index contributed by atoms with van der Waals surface area (Å²) in [7, 11) is 0. The molecule has 2 rings (SSSR count). The highest BCUT2D eigenvalue weighted by atomic mass is 16.5. The summed E-state index contributed by atoms with van der Waals surface area (Å²) in [4.78, 5) is 4.60. The smallest absolute Gasteiger partial charge is 0.191 e. The standard InChI is InChI=1S/C21H35N3O3/c1-3-22-21(23-11-6-13-25-16-19-10-15-26-17-19)24-12-7-14-27-20-9-5-4-8-18(20)2/h4-5,8-9,19H,3,6-7,10-17H2,1-2H3,(H2,22,23,24). The van der Waals surface area contributed by atoms with E-state index in [-0.39, 0.29) is 0 Å². The Labute approximate surface area is 163 Å². The first-order valence-electron chi connectivity index (χ1n) is 10.2. The van der Waals surface area contributed by atoms with Gasteiger partial charge in [-0.3, -0.25) is 4.99 Å². The van der Waals surface area contributed by atoms with E-state index in [1.54, 1.807) is 0 Å². The molecule has 6 nitrogen and oxygen atoms in total. The minimum atomic E-state index is 0.582. The molecule has 2 N–H and O–H groups in total. The normalized spacial score (nSPS) is 17.1. The molecule has 1 atom stereocenters. The van der Waals surface area contributed by atoms with Gasteiger partial charge in [0.25, 0.3) is 0 Å². The number of nitrogens with one attached hydrogen (secondary N) is 2. The van der Waals surface area contributed by atoms with Crippen molar-refractivity contribution in [1.29, 1.82) is 0 Å². The molecule has 1 heterocycles. The van der Waals surface area contributed by atoms with Crippen LogP contribution in [-0.2, 0) is 9.47 Å². The third-order valence-electron chi connectivity index (χ3n) is 4.40. The molecule has 1 aromatic rings. The van der Waals surface area contributed by atoms with Crippen molar-refractivity contribution in [3.63, 3.8) is 0 Å². The SMILES string of the molecule is CCNC(=NCCCOc1ccccc1C)NCCCOCC1CCOC1. The van der Waals surface area contributed by atoms with Crippen LogP contribution in [0.5, 0.6) is 5.75 Å². The highest BCUT2D eigenvalue weighted by molar-refractivity contribution is 5.79. The van der Waals surface area contributed by atoms with Crippen molar-refractivity contribution >= 4 is 5.96 Å². The molecule has 0 aliphatic carbocycles. The van der Waals surface area contributed by atoms with Gasteiger partial charge in [0.15, 0.2) is 5.96 Å². The molecule has 1 unspecified atom stereocenters. The van der Waals surface area contributed by atoms with Crippen molar-refractivity contribution in [2.24, 2.45) is 10.9 Å². The summed E-state index contributed by atoms with van der Waals surface area (Å²) < 4.78 is 16.9. The quantitative estimate of drug-likeness (QED) is 0.333. The molecule has 0 saturated carbocycles. The van der Waals surface area contributed by atoms with Crippen molar-refractivity contribution in [2.45, 2.75) is 33.1 Å². The van der Waals surface area contributed by atoms with Crippen molar-refractivity contribution in [3.8, 4) is 5.75 Å². The zero-order chi connectivity index (χ0) is 19.2. The third-order valence-corrected chi connectivity index (χ3v) is 4.40. The van der Waals surface area contributed by atoms with E-state index in [0.29, 0.717) is 12.5 Å². The van der Waals surface area contributed by atoms with Crippen LogP contribution in [0.1, 0.15) is 31.7 Å². The lowest BCUT2D eigenvalue weighted by Gasteiger charge is -2.12. The Balaban J connectivity index is 1.54. The zero-order valence-electron chi connectivity index (χ0n) is 16.8. The van der Waals surface area contributed by atoms with Crippen molar-refractivity contribution in [3.05, 3.63) is 29.8 Å². The van der Waals surface area contributed by atoms with Gasteiger partial charge in [0, 0.05) is 45.2 Å². The zero-order valence-corrected chi connectivity index (χ0v) is 16.8. The van der Waals surface area contributed by atoms with E-state index in [4.69, 9.17) is 14.2 Å². The van der Waals surface area contributed by atoms with Gasteiger partial charge in [-0.15, -0.1) is 0 Å². The summed E-state index contributed by atoms with van der Waals surface area (Å²) in [5.74, 6) is 2.40. The Morgan fingerprint density at radius 2 is 2.11 bits per heavy atom. The van der Waals surface area contributed by atoms with Crippen molar-refractivity contribution in [1.82, 2.24) is 10.6 Å². The number of aliphatic imine (C=N–C) groups is 1. The highest BCUT2D eigenvalue weighted by Crippen LogP contribution is 2.16. The number of nitrogens with zero attached hydrogens (tertiary/aromatic N) is 1. The number of ether oxygens (including phenoxy) is 3. The van der Waals surface area contributed by atoms with Gasteiger partial charge < -0.3 is 24.8 Å². The third kappa shape index (κ3) is 9.11. The molecule has 0 aromatic heterocycles. The fourth-order valence-corrected chi connectivity index (χ4v) is 2.84. The average Bonchev–Trinajstić information content (AvgIpc) is 3.19. The number of aryl methyl sites for hydroxylation is 1. The molecule has 6 heteroatoms. The number of benzene rings is 1. The van der Waals surface area contributed by atoms with Crippen molar-refractivity contribution in [2.75, 3.05) is 52.7 Å². The van der Waals surface area contributed by atoms with Gasteiger partial charge in [0.05, 0.1) is 19.8 Å². The minimum absolute atomic E-state index is 0.582. The van der Waals surface area contributed by atoms with Crippen LogP contribution in [0.15, 0.2) is 29.3 Å². The predicted molar refractivity (Wildman–Crippen MR) is 110 cm³/mol. The van der Waals surface area contributed by atoms with E-state index in [9.17, 15) is 0 Å². The van der Waals surface area contributed by atoms with Crippen LogP contribution in [0.25, 0.3) is 0 Å². The highest BCUT2D eigenvalue weighted by Gasteiger charge is 2.15. The Morgan fingerprint density at radius 1 is 1.22 bits per heavy atom. The second-order valence-corrected chi connectivity index (χ2v) is 6.81. The van der Waals surface area contributed by atoms with Gasteiger partial charge in [0.2, 0.25) is 0 Å². The van der Waals surface area contributed by atoms with E-state index in [0.717, 1.165) is 77.0 Å². The molecule has 1 aliphatic rings. The fraction of sp³-hybridized carbons (Fsp3) is 0.667. The Kier molecular flexibility index (Phi) is 10.7. The molecule has 1 aromatic carbocycles. The summed E-state index contributed by atoms with van der Waals surface area (Å²) in [6, 6.07) is 8.09. The maximum absolute atomic E-state index is 5.81. The summed E-state index contributed by atoms with van der Waals surface area (Å²) in [6.45, 7) is 10.6. The summed E-state index contributed by atoms with van der Waals surface area (Å²) in [5, 5.41) is 6.64. The molecule has 0 spiro atoms. The van der Waals surface area contributed by atoms with E-state index in [1.165, 1.54) is 5.56 Å². The van der Waals surface area contributed by atoms with Gasteiger partial charge in [-0.2, -0.15) is 0 Å². The lowest BCUT2D eigenvalue weighted by Crippen LogP contribution is -2.38. The fourth-order valence-electron chi connectivity index (χ4n) is 2.84. The Bertz CT molecular complexity index is 545. The molecule has 152 valence electrons. The first-order chi connectivity index (χ1) is 13.3. The molecule has 1 saturated heterocycles. The summed E-state index contributed by atoms with van der Waals surface area (Å²) in [5.41, 5.74) is 1.17. The first kappa shape index (κ1) is 21.5. The van der Waals surface area contributed by atoms with E-state index in [1.807, 2.05) is 18.2 Å². The van der Waals surface area contributed by atoms with Crippen LogP contribution < -0.4 is 15.4 Å².